The molecule has 31 heavy (non-hydrogen) atoms. The second-order valence-electron chi connectivity index (χ2n) is 7.94. The van der Waals surface area contributed by atoms with Crippen molar-refractivity contribution in [1.29, 1.82) is 0 Å². The molecule has 0 spiro atoms. The van der Waals surface area contributed by atoms with Crippen molar-refractivity contribution in [2.75, 3.05) is 26.3 Å². The van der Waals surface area contributed by atoms with Crippen LogP contribution in [0.3, 0.4) is 0 Å². The van der Waals surface area contributed by atoms with Crippen molar-refractivity contribution in [3.05, 3.63) is 52.8 Å². The zero-order valence-corrected chi connectivity index (χ0v) is 18.6. The number of rotatable bonds is 6. The summed E-state index contributed by atoms with van der Waals surface area (Å²) in [6, 6.07) is 9.83. The van der Waals surface area contributed by atoms with Gasteiger partial charge in [-0.15, -0.1) is 0 Å². The van der Waals surface area contributed by atoms with Gasteiger partial charge in [-0.25, -0.2) is 4.79 Å². The molecule has 1 saturated heterocycles. The molecular formula is C24H30N2O5. The minimum atomic E-state index is -0.512. The zero-order valence-electron chi connectivity index (χ0n) is 18.6. The van der Waals surface area contributed by atoms with Gasteiger partial charge in [0.1, 0.15) is 0 Å². The van der Waals surface area contributed by atoms with Gasteiger partial charge in [-0.3, -0.25) is 9.59 Å². The Morgan fingerprint density at radius 3 is 2.39 bits per heavy atom. The fourth-order valence-corrected chi connectivity index (χ4v) is 4.05. The Morgan fingerprint density at radius 1 is 1.03 bits per heavy atom. The van der Waals surface area contributed by atoms with Crippen molar-refractivity contribution < 1.29 is 23.9 Å². The molecule has 1 amide bonds. The predicted octanol–water partition coefficient (Wildman–Crippen LogP) is 3.36. The normalized spacial score (nSPS) is 14.4. The van der Waals surface area contributed by atoms with Crippen LogP contribution >= 0.6 is 0 Å². The van der Waals surface area contributed by atoms with E-state index in [2.05, 4.69) is 6.07 Å². The summed E-state index contributed by atoms with van der Waals surface area (Å²) in [5.74, 6) is -1.13. The highest BCUT2D eigenvalue weighted by Gasteiger charge is 2.29. The molecule has 0 bridgehead atoms. The van der Waals surface area contributed by atoms with E-state index in [4.69, 9.17) is 9.47 Å². The first-order valence-corrected chi connectivity index (χ1v) is 10.7. The lowest BCUT2D eigenvalue weighted by molar-refractivity contribution is -0.151. The van der Waals surface area contributed by atoms with Crippen LogP contribution in [0.25, 0.3) is 5.69 Å². The molecule has 0 N–H and O–H groups in total. The van der Waals surface area contributed by atoms with Gasteiger partial charge in [0.25, 0.3) is 5.91 Å². The quantitative estimate of drug-likeness (QED) is 0.662. The van der Waals surface area contributed by atoms with Gasteiger partial charge in [0.15, 0.2) is 6.61 Å². The molecule has 166 valence electrons. The van der Waals surface area contributed by atoms with E-state index in [9.17, 15) is 14.4 Å². The number of hydrogen-bond acceptors (Lipinski definition) is 5. The van der Waals surface area contributed by atoms with Crippen LogP contribution in [0.4, 0.5) is 0 Å². The number of aryl methyl sites for hydroxylation is 2. The monoisotopic (exact) mass is 426 g/mol. The summed E-state index contributed by atoms with van der Waals surface area (Å²) < 4.78 is 12.4. The number of ether oxygens (including phenoxy) is 2. The van der Waals surface area contributed by atoms with Gasteiger partial charge < -0.3 is 18.9 Å². The van der Waals surface area contributed by atoms with E-state index in [1.54, 1.807) is 17.9 Å². The average molecular weight is 427 g/mol. The Hall–Kier alpha value is -3.09. The second-order valence-corrected chi connectivity index (χ2v) is 7.94. The number of amides is 1. The number of aromatic nitrogens is 1. The molecule has 0 unspecified atom stereocenters. The fourth-order valence-electron chi connectivity index (χ4n) is 4.05. The molecule has 0 saturated carbocycles. The standard InChI is InChI=1S/C24H30N2O5/c1-5-30-23(28)19-9-11-25(12-10-19)22(27)15-31-24(29)21-14-17(3)26(18(21)4)20-8-6-7-16(2)13-20/h6-8,13-14,19H,5,9-12,15H2,1-4H3. The third kappa shape index (κ3) is 5.16. The molecule has 0 radical (unpaired) electrons. The van der Waals surface area contributed by atoms with Gasteiger partial charge in [0, 0.05) is 30.2 Å². The summed E-state index contributed by atoms with van der Waals surface area (Å²) in [7, 11) is 0. The molecule has 3 rings (SSSR count). The van der Waals surface area contributed by atoms with Crippen molar-refractivity contribution in [2.45, 2.75) is 40.5 Å². The lowest BCUT2D eigenvalue weighted by atomic mass is 9.97. The Labute approximate surface area is 182 Å². The summed E-state index contributed by atoms with van der Waals surface area (Å²) in [6.45, 7) is 8.58. The number of likely N-dealkylation sites (tertiary alicyclic amines) is 1. The molecule has 0 aliphatic carbocycles. The summed E-state index contributed by atoms with van der Waals surface area (Å²) in [5, 5.41) is 0. The molecule has 1 fully saturated rings. The van der Waals surface area contributed by atoms with E-state index in [1.165, 1.54) is 0 Å². The highest BCUT2D eigenvalue weighted by Crippen LogP contribution is 2.23. The van der Waals surface area contributed by atoms with E-state index in [1.807, 2.05) is 43.5 Å². The van der Waals surface area contributed by atoms with Gasteiger partial charge in [-0.05, 0) is 64.3 Å². The highest BCUT2D eigenvalue weighted by atomic mass is 16.5. The third-order valence-electron chi connectivity index (χ3n) is 5.71. The maximum absolute atomic E-state index is 12.7. The van der Waals surface area contributed by atoms with Gasteiger partial charge in [-0.1, -0.05) is 12.1 Å². The number of esters is 2. The number of carbonyl (C=O) groups is 3. The Balaban J connectivity index is 1.59. The maximum Gasteiger partial charge on any atom is 0.340 e. The second kappa shape index (κ2) is 9.81. The first-order valence-electron chi connectivity index (χ1n) is 10.7. The van der Waals surface area contributed by atoms with Gasteiger partial charge >= 0.3 is 11.9 Å². The predicted molar refractivity (Wildman–Crippen MR) is 116 cm³/mol. The van der Waals surface area contributed by atoms with E-state index < -0.39 is 5.97 Å². The van der Waals surface area contributed by atoms with Gasteiger partial charge in [0.2, 0.25) is 0 Å². The number of piperidine rings is 1. The topological polar surface area (TPSA) is 77.8 Å². The van der Waals surface area contributed by atoms with Crippen LogP contribution in [0.15, 0.2) is 30.3 Å². The van der Waals surface area contributed by atoms with Crippen LogP contribution in [0.5, 0.6) is 0 Å². The summed E-state index contributed by atoms with van der Waals surface area (Å²) in [4.78, 5) is 38.6. The minimum absolute atomic E-state index is 0.168. The summed E-state index contributed by atoms with van der Waals surface area (Å²) >= 11 is 0. The lowest BCUT2D eigenvalue weighted by Gasteiger charge is -2.30. The maximum atomic E-state index is 12.7. The van der Waals surface area contributed by atoms with Crippen LogP contribution in [-0.2, 0) is 19.1 Å². The third-order valence-corrected chi connectivity index (χ3v) is 5.71. The van der Waals surface area contributed by atoms with Crippen molar-refractivity contribution in [3.8, 4) is 5.69 Å². The first-order chi connectivity index (χ1) is 14.8. The molecule has 7 heteroatoms. The zero-order chi connectivity index (χ0) is 22.5. The molecule has 1 aliphatic heterocycles. The molecule has 1 aromatic heterocycles. The first kappa shape index (κ1) is 22.6. The average Bonchev–Trinajstić information content (AvgIpc) is 3.06. The Kier molecular flexibility index (Phi) is 7.15. The van der Waals surface area contributed by atoms with Gasteiger partial charge in [-0.2, -0.15) is 0 Å². The van der Waals surface area contributed by atoms with E-state index >= 15 is 0 Å². The largest absolute Gasteiger partial charge is 0.466 e. The minimum Gasteiger partial charge on any atom is -0.466 e. The smallest absolute Gasteiger partial charge is 0.340 e. The van der Waals surface area contributed by atoms with Crippen LogP contribution < -0.4 is 0 Å². The van der Waals surface area contributed by atoms with Crippen molar-refractivity contribution in [3.63, 3.8) is 0 Å². The molecule has 0 atom stereocenters. The molecular weight excluding hydrogens is 396 g/mol. The van der Waals surface area contributed by atoms with Crippen molar-refractivity contribution in [2.24, 2.45) is 5.92 Å². The Morgan fingerprint density at radius 2 is 1.74 bits per heavy atom. The van der Waals surface area contributed by atoms with Crippen LogP contribution in [0.2, 0.25) is 0 Å². The number of carbonyl (C=O) groups excluding carboxylic acids is 3. The van der Waals surface area contributed by atoms with E-state index in [0.717, 1.165) is 22.6 Å². The van der Waals surface area contributed by atoms with Crippen LogP contribution in [0, 0.1) is 26.7 Å². The van der Waals surface area contributed by atoms with Crippen LogP contribution in [-0.4, -0.2) is 53.6 Å². The lowest BCUT2D eigenvalue weighted by Crippen LogP contribution is -2.42. The molecule has 7 nitrogen and oxygen atoms in total. The number of hydrogen-bond donors (Lipinski definition) is 0. The number of nitrogens with zero attached hydrogens (tertiary/aromatic N) is 2. The highest BCUT2D eigenvalue weighted by molar-refractivity contribution is 5.93. The summed E-state index contributed by atoms with van der Waals surface area (Å²) in [6.07, 6.45) is 1.13. The molecule has 1 aromatic carbocycles. The molecule has 2 heterocycles. The van der Waals surface area contributed by atoms with Crippen LogP contribution in [0.1, 0.15) is 47.1 Å². The van der Waals surface area contributed by atoms with Crippen molar-refractivity contribution in [1.82, 2.24) is 9.47 Å². The van der Waals surface area contributed by atoms with Crippen molar-refractivity contribution >= 4 is 17.8 Å². The van der Waals surface area contributed by atoms with E-state index in [-0.39, 0.29) is 24.4 Å². The van der Waals surface area contributed by atoms with Gasteiger partial charge in [0.05, 0.1) is 18.1 Å². The SMILES string of the molecule is CCOC(=O)C1CCN(C(=O)COC(=O)c2cc(C)n(-c3cccc(C)c3)c2C)CC1. The molecule has 2 aromatic rings. The number of benzene rings is 1. The summed E-state index contributed by atoms with van der Waals surface area (Å²) in [5.41, 5.74) is 4.26. The molecule has 1 aliphatic rings. The fraction of sp³-hybridized carbons (Fsp3) is 0.458. The Bertz CT molecular complexity index is 970. The van der Waals surface area contributed by atoms with E-state index in [0.29, 0.717) is 38.1 Å².